The molecule has 0 saturated heterocycles. The van der Waals surface area contributed by atoms with Gasteiger partial charge in [0.2, 0.25) is 0 Å². The fraction of sp³-hybridized carbons (Fsp3) is 0.833. The Morgan fingerprint density at radius 2 is 1.76 bits per heavy atom. The van der Waals surface area contributed by atoms with Crippen molar-refractivity contribution in [2.45, 2.75) is 46.6 Å². The van der Waals surface area contributed by atoms with E-state index in [0.717, 1.165) is 12.8 Å². The number of rotatable bonds is 7. The highest BCUT2D eigenvalue weighted by Gasteiger charge is 2.21. The summed E-state index contributed by atoms with van der Waals surface area (Å²) in [6.07, 6.45) is 1.76. The third-order valence-corrected chi connectivity index (χ3v) is 2.60. The Balaban J connectivity index is 4.54. The third kappa shape index (κ3) is 6.14. The van der Waals surface area contributed by atoms with Crippen LogP contribution in [0.5, 0.6) is 0 Å². The van der Waals surface area contributed by atoms with E-state index in [-0.39, 0.29) is 18.6 Å². The highest BCUT2D eigenvalue weighted by molar-refractivity contribution is 5.80. The third-order valence-electron chi connectivity index (χ3n) is 2.60. The molecule has 2 amide bonds. The normalized spacial score (nSPS) is 10.7. The van der Waals surface area contributed by atoms with Crippen LogP contribution in [-0.4, -0.2) is 41.1 Å². The van der Waals surface area contributed by atoms with Gasteiger partial charge in [0.05, 0.1) is 0 Å². The number of carboxylic acid groups (broad SMARTS) is 1. The fourth-order valence-electron chi connectivity index (χ4n) is 1.77. The van der Waals surface area contributed by atoms with Gasteiger partial charge in [-0.05, 0) is 18.8 Å². The summed E-state index contributed by atoms with van der Waals surface area (Å²) in [6, 6.07) is -0.110. The Labute approximate surface area is 103 Å². The molecule has 0 radical (unpaired) electrons. The summed E-state index contributed by atoms with van der Waals surface area (Å²) in [5.74, 6) is -0.654. The first-order valence-electron chi connectivity index (χ1n) is 6.18. The average Bonchev–Trinajstić information content (AvgIpc) is 2.25. The summed E-state index contributed by atoms with van der Waals surface area (Å²) in [5, 5.41) is 11.0. The number of nitrogens with zero attached hydrogens (tertiary/aromatic N) is 1. The molecule has 0 spiro atoms. The van der Waals surface area contributed by atoms with E-state index < -0.39 is 5.97 Å². The van der Waals surface area contributed by atoms with E-state index in [1.807, 2.05) is 27.7 Å². The molecule has 0 heterocycles. The SMILES string of the molecule is CCC(CC)N(CC(C)C)C(=O)NCC(=O)O. The van der Waals surface area contributed by atoms with Gasteiger partial charge in [0.1, 0.15) is 6.54 Å². The Morgan fingerprint density at radius 1 is 1.24 bits per heavy atom. The maximum absolute atomic E-state index is 11.9. The van der Waals surface area contributed by atoms with Crippen LogP contribution in [0.25, 0.3) is 0 Å². The summed E-state index contributed by atoms with van der Waals surface area (Å²) in [7, 11) is 0. The van der Waals surface area contributed by atoms with E-state index in [1.165, 1.54) is 0 Å². The summed E-state index contributed by atoms with van der Waals surface area (Å²) in [4.78, 5) is 24.1. The number of nitrogens with one attached hydrogen (secondary N) is 1. The number of aliphatic carboxylic acids is 1. The number of hydrogen-bond donors (Lipinski definition) is 2. The van der Waals surface area contributed by atoms with E-state index in [4.69, 9.17) is 5.11 Å². The van der Waals surface area contributed by atoms with Crippen LogP contribution in [0.1, 0.15) is 40.5 Å². The Bertz CT molecular complexity index is 250. The van der Waals surface area contributed by atoms with E-state index in [1.54, 1.807) is 4.90 Å². The van der Waals surface area contributed by atoms with E-state index in [9.17, 15) is 9.59 Å². The molecule has 17 heavy (non-hydrogen) atoms. The number of urea groups is 1. The minimum Gasteiger partial charge on any atom is -0.480 e. The van der Waals surface area contributed by atoms with Crippen molar-refractivity contribution in [1.29, 1.82) is 0 Å². The lowest BCUT2D eigenvalue weighted by Crippen LogP contribution is -2.48. The largest absolute Gasteiger partial charge is 0.480 e. The molecule has 2 N–H and O–H groups in total. The van der Waals surface area contributed by atoms with Crippen LogP contribution in [0, 0.1) is 5.92 Å². The molecule has 0 aliphatic rings. The van der Waals surface area contributed by atoms with Crippen molar-refractivity contribution in [3.8, 4) is 0 Å². The predicted molar refractivity (Wildman–Crippen MR) is 66.9 cm³/mol. The molecule has 0 saturated carbocycles. The zero-order chi connectivity index (χ0) is 13.4. The maximum atomic E-state index is 11.9. The van der Waals surface area contributed by atoms with Crippen molar-refractivity contribution in [3.63, 3.8) is 0 Å². The van der Waals surface area contributed by atoms with E-state index in [0.29, 0.717) is 12.5 Å². The molecule has 100 valence electrons. The number of carbonyl (C=O) groups excluding carboxylic acids is 1. The van der Waals surface area contributed by atoms with Gasteiger partial charge in [-0.3, -0.25) is 4.79 Å². The van der Waals surface area contributed by atoms with Crippen molar-refractivity contribution >= 4 is 12.0 Å². The average molecular weight is 244 g/mol. The minimum absolute atomic E-state index is 0.172. The van der Waals surface area contributed by atoms with Gasteiger partial charge in [0, 0.05) is 12.6 Å². The van der Waals surface area contributed by atoms with Crippen molar-refractivity contribution in [3.05, 3.63) is 0 Å². The second-order valence-corrected chi connectivity index (χ2v) is 4.57. The molecule has 0 bridgehead atoms. The molecule has 0 aliphatic heterocycles. The van der Waals surface area contributed by atoms with Crippen LogP contribution in [0.4, 0.5) is 4.79 Å². The predicted octanol–water partition coefficient (Wildman–Crippen LogP) is 1.93. The van der Waals surface area contributed by atoms with Crippen molar-refractivity contribution in [2.24, 2.45) is 5.92 Å². The van der Waals surface area contributed by atoms with Gasteiger partial charge < -0.3 is 15.3 Å². The molecule has 0 unspecified atom stereocenters. The summed E-state index contributed by atoms with van der Waals surface area (Å²) in [5.41, 5.74) is 0. The molecule has 0 rings (SSSR count). The van der Waals surface area contributed by atoms with Crippen LogP contribution in [0.15, 0.2) is 0 Å². The zero-order valence-electron chi connectivity index (χ0n) is 11.2. The van der Waals surface area contributed by atoms with Crippen molar-refractivity contribution in [2.75, 3.05) is 13.1 Å². The van der Waals surface area contributed by atoms with Crippen LogP contribution in [-0.2, 0) is 4.79 Å². The number of amides is 2. The molecule has 0 aromatic carbocycles. The molecule has 5 heteroatoms. The quantitative estimate of drug-likeness (QED) is 0.719. The van der Waals surface area contributed by atoms with Crippen LogP contribution in [0.3, 0.4) is 0 Å². The summed E-state index contributed by atoms with van der Waals surface area (Å²) in [6.45, 7) is 8.48. The Kier molecular flexibility index (Phi) is 7.34. The van der Waals surface area contributed by atoms with Gasteiger partial charge >= 0.3 is 12.0 Å². The zero-order valence-corrected chi connectivity index (χ0v) is 11.2. The van der Waals surface area contributed by atoms with Crippen molar-refractivity contribution < 1.29 is 14.7 Å². The van der Waals surface area contributed by atoms with Gasteiger partial charge in [0.25, 0.3) is 0 Å². The smallest absolute Gasteiger partial charge is 0.323 e. The van der Waals surface area contributed by atoms with Gasteiger partial charge in [-0.1, -0.05) is 27.7 Å². The molecule has 5 nitrogen and oxygen atoms in total. The first kappa shape index (κ1) is 15.7. The molecule has 0 aliphatic carbocycles. The highest BCUT2D eigenvalue weighted by atomic mass is 16.4. The van der Waals surface area contributed by atoms with E-state index >= 15 is 0 Å². The fourth-order valence-corrected chi connectivity index (χ4v) is 1.77. The minimum atomic E-state index is -1.02. The van der Waals surface area contributed by atoms with Gasteiger partial charge in [0.15, 0.2) is 0 Å². The van der Waals surface area contributed by atoms with E-state index in [2.05, 4.69) is 5.32 Å². The highest BCUT2D eigenvalue weighted by Crippen LogP contribution is 2.11. The van der Waals surface area contributed by atoms with Gasteiger partial charge in [-0.2, -0.15) is 0 Å². The van der Waals surface area contributed by atoms with Crippen LogP contribution in [0.2, 0.25) is 0 Å². The first-order valence-corrected chi connectivity index (χ1v) is 6.18. The lowest BCUT2D eigenvalue weighted by molar-refractivity contribution is -0.135. The number of carbonyl (C=O) groups is 2. The monoisotopic (exact) mass is 244 g/mol. The molecule has 0 aromatic rings. The molecule has 0 fully saturated rings. The lowest BCUT2D eigenvalue weighted by atomic mass is 10.1. The second kappa shape index (κ2) is 7.92. The second-order valence-electron chi connectivity index (χ2n) is 4.57. The number of carboxylic acids is 1. The molecular weight excluding hydrogens is 220 g/mol. The first-order chi connectivity index (χ1) is 7.92. The summed E-state index contributed by atoms with van der Waals surface area (Å²) >= 11 is 0. The Hall–Kier alpha value is -1.26. The van der Waals surface area contributed by atoms with Crippen molar-refractivity contribution in [1.82, 2.24) is 10.2 Å². The standard InChI is InChI=1S/C12H24N2O3/c1-5-10(6-2)14(8-9(3)4)12(17)13-7-11(15)16/h9-10H,5-8H2,1-4H3,(H,13,17)(H,15,16). The van der Waals surface area contributed by atoms with Crippen LogP contribution >= 0.6 is 0 Å². The van der Waals surface area contributed by atoms with Gasteiger partial charge in [-0.15, -0.1) is 0 Å². The van der Waals surface area contributed by atoms with Crippen LogP contribution < -0.4 is 5.32 Å². The summed E-state index contributed by atoms with van der Waals surface area (Å²) < 4.78 is 0. The molecule has 0 atom stereocenters. The van der Waals surface area contributed by atoms with Gasteiger partial charge in [-0.25, -0.2) is 4.79 Å². The topological polar surface area (TPSA) is 69.6 Å². The molecule has 0 aromatic heterocycles. The lowest BCUT2D eigenvalue weighted by Gasteiger charge is -2.31. The molecular formula is C12H24N2O3. The maximum Gasteiger partial charge on any atom is 0.323 e. The Morgan fingerprint density at radius 3 is 2.12 bits per heavy atom. The number of hydrogen-bond acceptors (Lipinski definition) is 2.